The van der Waals surface area contributed by atoms with Crippen molar-refractivity contribution in [1.29, 1.82) is 0 Å². The van der Waals surface area contributed by atoms with Crippen LogP contribution in [0.4, 0.5) is 5.69 Å². The van der Waals surface area contributed by atoms with E-state index in [2.05, 4.69) is 15.5 Å². The van der Waals surface area contributed by atoms with E-state index in [1.165, 1.54) is 22.7 Å². The second-order valence-corrected chi connectivity index (χ2v) is 7.03. The van der Waals surface area contributed by atoms with Gasteiger partial charge in [0, 0.05) is 5.69 Å². The van der Waals surface area contributed by atoms with Gasteiger partial charge in [-0.15, -0.1) is 10.2 Å². The van der Waals surface area contributed by atoms with E-state index in [9.17, 15) is 4.79 Å². The minimum atomic E-state index is -0.392. The molecule has 130 valence electrons. The highest BCUT2D eigenvalue weighted by molar-refractivity contribution is 8.00. The Morgan fingerprint density at radius 1 is 1.32 bits per heavy atom. The number of hydrogen-bond donors (Lipinski definition) is 2. The van der Waals surface area contributed by atoms with Gasteiger partial charge in [0.1, 0.15) is 0 Å². The molecular formula is C17H19N5O2S. The molecule has 1 aromatic carbocycles. The van der Waals surface area contributed by atoms with Gasteiger partial charge in [-0.1, -0.05) is 29.5 Å². The van der Waals surface area contributed by atoms with Crippen LogP contribution in [0.3, 0.4) is 0 Å². The number of aromatic nitrogens is 3. The molecular weight excluding hydrogens is 338 g/mol. The molecule has 0 aliphatic carbocycles. The zero-order valence-corrected chi connectivity index (χ0v) is 15.0. The first-order valence-corrected chi connectivity index (χ1v) is 8.63. The lowest BCUT2D eigenvalue weighted by atomic mass is 10.1. The van der Waals surface area contributed by atoms with Crippen molar-refractivity contribution in [3.63, 3.8) is 0 Å². The zero-order chi connectivity index (χ0) is 18.0. The fourth-order valence-electron chi connectivity index (χ4n) is 2.33. The molecule has 25 heavy (non-hydrogen) atoms. The van der Waals surface area contributed by atoms with Gasteiger partial charge in [-0.05, 0) is 44.5 Å². The molecule has 0 spiro atoms. The first kappa shape index (κ1) is 17.1. The first-order valence-electron chi connectivity index (χ1n) is 7.75. The first-order chi connectivity index (χ1) is 12.0. The number of carbonyl (C=O) groups excluding carboxylic acids is 1. The molecule has 7 nitrogen and oxygen atoms in total. The lowest BCUT2D eigenvalue weighted by Crippen LogP contribution is -2.24. The Kier molecular flexibility index (Phi) is 4.80. The number of thioether (sulfide) groups is 1. The van der Waals surface area contributed by atoms with E-state index in [4.69, 9.17) is 10.3 Å². The van der Waals surface area contributed by atoms with E-state index >= 15 is 0 Å². The average molecular weight is 357 g/mol. The molecule has 0 saturated carbocycles. The molecule has 3 N–H and O–H groups in total. The molecule has 2 aromatic heterocycles. The topological polar surface area (TPSA) is 99.0 Å². The van der Waals surface area contributed by atoms with E-state index in [0.29, 0.717) is 16.7 Å². The molecule has 3 rings (SSSR count). The average Bonchev–Trinajstić information content (AvgIpc) is 3.20. The highest BCUT2D eigenvalue weighted by atomic mass is 32.2. The molecule has 0 radical (unpaired) electrons. The summed E-state index contributed by atoms with van der Waals surface area (Å²) in [4.78, 5) is 12.5. The summed E-state index contributed by atoms with van der Waals surface area (Å²) in [5.74, 6) is 6.82. The molecule has 3 aromatic rings. The number of nitrogens with zero attached hydrogens (tertiary/aromatic N) is 3. The van der Waals surface area contributed by atoms with Crippen LogP contribution in [0.25, 0.3) is 11.6 Å². The van der Waals surface area contributed by atoms with Crippen molar-refractivity contribution < 1.29 is 9.21 Å². The number of anilines is 1. The van der Waals surface area contributed by atoms with E-state index in [1.54, 1.807) is 19.1 Å². The Labute approximate surface area is 149 Å². The maximum absolute atomic E-state index is 12.5. The van der Waals surface area contributed by atoms with E-state index in [0.717, 1.165) is 16.8 Å². The quantitative estimate of drug-likeness (QED) is 0.538. The van der Waals surface area contributed by atoms with Crippen molar-refractivity contribution in [1.82, 2.24) is 14.9 Å². The number of furan rings is 1. The number of hydrogen-bond acceptors (Lipinski definition) is 6. The summed E-state index contributed by atoms with van der Waals surface area (Å²) in [5.41, 5.74) is 2.97. The van der Waals surface area contributed by atoms with Gasteiger partial charge in [0.2, 0.25) is 16.9 Å². The number of nitrogens with one attached hydrogen (secondary N) is 1. The van der Waals surface area contributed by atoms with Crippen LogP contribution in [-0.2, 0) is 4.79 Å². The summed E-state index contributed by atoms with van der Waals surface area (Å²) in [5, 5.41) is 11.0. The Hall–Kier alpha value is -2.74. The minimum absolute atomic E-state index is 0.125. The number of carbonyl (C=O) groups is 1. The van der Waals surface area contributed by atoms with Crippen molar-refractivity contribution in [2.45, 2.75) is 31.2 Å². The Bertz CT molecular complexity index is 889. The number of benzene rings is 1. The Balaban J connectivity index is 1.69. The largest absolute Gasteiger partial charge is 0.461 e. The van der Waals surface area contributed by atoms with Gasteiger partial charge < -0.3 is 15.6 Å². The molecule has 0 saturated heterocycles. The van der Waals surface area contributed by atoms with Crippen LogP contribution in [0.1, 0.15) is 18.1 Å². The van der Waals surface area contributed by atoms with Crippen molar-refractivity contribution >= 4 is 23.4 Å². The number of nitrogen functional groups attached to an aromatic ring is 1. The van der Waals surface area contributed by atoms with Gasteiger partial charge >= 0.3 is 0 Å². The van der Waals surface area contributed by atoms with Crippen LogP contribution < -0.4 is 11.2 Å². The summed E-state index contributed by atoms with van der Waals surface area (Å²) in [6, 6.07) is 9.39. The monoisotopic (exact) mass is 357 g/mol. The van der Waals surface area contributed by atoms with Crippen LogP contribution in [0.2, 0.25) is 0 Å². The number of rotatable bonds is 5. The van der Waals surface area contributed by atoms with E-state index in [1.807, 2.05) is 32.0 Å². The van der Waals surface area contributed by atoms with Crippen LogP contribution in [0.15, 0.2) is 46.2 Å². The fourth-order valence-corrected chi connectivity index (χ4v) is 3.10. The number of aryl methyl sites for hydroxylation is 2. The number of nitrogens with two attached hydrogens (primary N) is 1. The van der Waals surface area contributed by atoms with Gasteiger partial charge in [-0.3, -0.25) is 4.79 Å². The summed E-state index contributed by atoms with van der Waals surface area (Å²) >= 11 is 1.24. The van der Waals surface area contributed by atoms with Gasteiger partial charge in [-0.2, -0.15) is 0 Å². The Morgan fingerprint density at radius 3 is 2.80 bits per heavy atom. The third-order valence-corrected chi connectivity index (χ3v) is 4.75. The van der Waals surface area contributed by atoms with Gasteiger partial charge in [0.25, 0.3) is 0 Å². The standard InChI is InChI=1S/C17H19N5O2S/c1-10-6-7-13(11(2)9-10)19-16(23)12(3)25-17-21-20-15(22(17)18)14-5-4-8-24-14/h4-9,12H,18H2,1-3H3,(H,19,23)/t12-/m1/s1. The SMILES string of the molecule is Cc1ccc(NC(=O)[C@@H](C)Sc2nnc(-c3ccco3)n2N)c(C)c1. The molecule has 0 unspecified atom stereocenters. The van der Waals surface area contributed by atoms with Crippen LogP contribution in [-0.4, -0.2) is 26.0 Å². The summed E-state index contributed by atoms with van der Waals surface area (Å²) in [6.45, 7) is 5.78. The minimum Gasteiger partial charge on any atom is -0.461 e. The lowest BCUT2D eigenvalue weighted by molar-refractivity contribution is -0.115. The van der Waals surface area contributed by atoms with Crippen LogP contribution in [0.5, 0.6) is 0 Å². The van der Waals surface area contributed by atoms with E-state index in [-0.39, 0.29) is 5.91 Å². The summed E-state index contributed by atoms with van der Waals surface area (Å²) in [7, 11) is 0. The molecule has 0 aliphatic heterocycles. The maximum Gasteiger partial charge on any atom is 0.237 e. The second-order valence-electron chi connectivity index (χ2n) is 5.72. The van der Waals surface area contributed by atoms with Crippen LogP contribution in [0, 0.1) is 13.8 Å². The van der Waals surface area contributed by atoms with Crippen molar-refractivity contribution in [3.05, 3.63) is 47.7 Å². The smallest absolute Gasteiger partial charge is 0.237 e. The third kappa shape index (κ3) is 3.69. The molecule has 2 heterocycles. The third-order valence-electron chi connectivity index (χ3n) is 3.70. The summed E-state index contributed by atoms with van der Waals surface area (Å²) < 4.78 is 6.60. The molecule has 0 bridgehead atoms. The molecule has 8 heteroatoms. The van der Waals surface area contributed by atoms with Gasteiger partial charge in [0.15, 0.2) is 5.76 Å². The molecule has 1 amide bonds. The normalized spacial score (nSPS) is 12.1. The fraction of sp³-hybridized carbons (Fsp3) is 0.235. The second kappa shape index (κ2) is 7.02. The van der Waals surface area contributed by atoms with E-state index < -0.39 is 5.25 Å². The predicted molar refractivity (Wildman–Crippen MR) is 97.7 cm³/mol. The van der Waals surface area contributed by atoms with Gasteiger partial charge in [-0.25, -0.2) is 4.68 Å². The van der Waals surface area contributed by atoms with Crippen molar-refractivity contribution in [2.75, 3.05) is 11.2 Å². The Morgan fingerprint density at radius 2 is 2.12 bits per heavy atom. The molecule has 0 fully saturated rings. The van der Waals surface area contributed by atoms with Crippen molar-refractivity contribution in [2.24, 2.45) is 0 Å². The highest BCUT2D eigenvalue weighted by Crippen LogP contribution is 2.26. The lowest BCUT2D eigenvalue weighted by Gasteiger charge is -2.13. The van der Waals surface area contributed by atoms with Crippen LogP contribution >= 0.6 is 11.8 Å². The molecule has 0 aliphatic rings. The van der Waals surface area contributed by atoms with Crippen molar-refractivity contribution in [3.8, 4) is 11.6 Å². The van der Waals surface area contributed by atoms with Gasteiger partial charge in [0.05, 0.1) is 11.5 Å². The predicted octanol–water partition coefficient (Wildman–Crippen LogP) is 2.99. The zero-order valence-electron chi connectivity index (χ0n) is 14.2. The summed E-state index contributed by atoms with van der Waals surface area (Å²) in [6.07, 6.45) is 1.54. The highest BCUT2D eigenvalue weighted by Gasteiger charge is 2.21. The molecule has 1 atom stereocenters. The number of amides is 1. The maximum atomic E-state index is 12.5.